The highest BCUT2D eigenvalue weighted by Gasteiger charge is 2.27. The number of aliphatic hydroxyl groups excluding tert-OH is 1. The van der Waals surface area contributed by atoms with Crippen molar-refractivity contribution in [3.05, 3.63) is 93.5 Å². The summed E-state index contributed by atoms with van der Waals surface area (Å²) in [5.41, 5.74) is 0.887. The fraction of sp³-hybridized carbons (Fsp3) is 0.250. The molecule has 0 aliphatic heterocycles. The van der Waals surface area contributed by atoms with Gasteiger partial charge in [-0.15, -0.1) is 0 Å². The van der Waals surface area contributed by atoms with Crippen molar-refractivity contribution in [1.29, 1.82) is 0 Å². The first kappa shape index (κ1) is 22.1. The van der Waals surface area contributed by atoms with Crippen LogP contribution in [0.15, 0.2) is 69.9 Å². The van der Waals surface area contributed by atoms with Crippen molar-refractivity contribution in [2.24, 2.45) is 0 Å². The van der Waals surface area contributed by atoms with Crippen LogP contribution in [0.25, 0.3) is 0 Å². The Morgan fingerprint density at radius 3 is 2.58 bits per heavy atom. The average Bonchev–Trinajstić information content (AvgIpc) is 2.79. The standard InChI is InChI=1S/C24H24O7/c1-2-29-22(27)13-20(24-23(28)21(26)12-19(14-25)31-24)17-9-6-10-18(11-17)30-15-16-7-4-3-5-8-16/h3-12,20,25,28H,2,13-15H2,1H3/t20-/m0/s1. The first-order valence-electron chi connectivity index (χ1n) is 9.90. The fourth-order valence-corrected chi connectivity index (χ4v) is 3.18. The third-order valence-electron chi connectivity index (χ3n) is 4.66. The molecule has 0 saturated carbocycles. The molecule has 31 heavy (non-hydrogen) atoms. The summed E-state index contributed by atoms with van der Waals surface area (Å²) in [5.74, 6) is -1.50. The van der Waals surface area contributed by atoms with Crippen molar-refractivity contribution in [2.45, 2.75) is 32.5 Å². The molecule has 2 N–H and O–H groups in total. The number of rotatable bonds is 9. The van der Waals surface area contributed by atoms with Crippen molar-refractivity contribution >= 4 is 5.97 Å². The summed E-state index contributed by atoms with van der Waals surface area (Å²) >= 11 is 0. The highest BCUT2D eigenvalue weighted by molar-refractivity contribution is 5.71. The Hall–Kier alpha value is -3.58. The Kier molecular flexibility index (Phi) is 7.45. The highest BCUT2D eigenvalue weighted by Crippen LogP contribution is 2.35. The van der Waals surface area contributed by atoms with Crippen LogP contribution in [0.5, 0.6) is 11.5 Å². The summed E-state index contributed by atoms with van der Waals surface area (Å²) in [6, 6.07) is 17.6. The highest BCUT2D eigenvalue weighted by atomic mass is 16.5. The second-order valence-corrected chi connectivity index (χ2v) is 6.86. The SMILES string of the molecule is CCOC(=O)C[C@@H](c1cccc(OCc2ccccc2)c1)c1oc(CO)cc(=O)c1O. The number of hydrogen-bond donors (Lipinski definition) is 2. The summed E-state index contributed by atoms with van der Waals surface area (Å²) in [4.78, 5) is 24.4. The first-order chi connectivity index (χ1) is 15.0. The van der Waals surface area contributed by atoms with Gasteiger partial charge in [-0.05, 0) is 30.2 Å². The van der Waals surface area contributed by atoms with Crippen LogP contribution in [0.2, 0.25) is 0 Å². The Bertz CT molecular complexity index is 1070. The van der Waals surface area contributed by atoms with Crippen LogP contribution in [0, 0.1) is 0 Å². The third kappa shape index (κ3) is 5.73. The molecular weight excluding hydrogens is 400 g/mol. The monoisotopic (exact) mass is 424 g/mol. The first-order valence-corrected chi connectivity index (χ1v) is 9.90. The van der Waals surface area contributed by atoms with E-state index in [1.54, 1.807) is 31.2 Å². The van der Waals surface area contributed by atoms with Crippen molar-refractivity contribution in [2.75, 3.05) is 6.61 Å². The van der Waals surface area contributed by atoms with E-state index in [-0.39, 0.29) is 24.5 Å². The Morgan fingerprint density at radius 1 is 1.10 bits per heavy atom. The van der Waals surface area contributed by atoms with Crippen molar-refractivity contribution in [3.63, 3.8) is 0 Å². The number of carbonyl (C=O) groups excluding carboxylic acids is 1. The van der Waals surface area contributed by atoms with Crippen LogP contribution < -0.4 is 10.2 Å². The van der Waals surface area contributed by atoms with E-state index in [0.29, 0.717) is 17.9 Å². The molecule has 0 radical (unpaired) electrons. The van der Waals surface area contributed by atoms with Gasteiger partial charge in [-0.2, -0.15) is 0 Å². The minimum atomic E-state index is -0.807. The van der Waals surface area contributed by atoms with Crippen LogP contribution in [0.3, 0.4) is 0 Å². The molecule has 3 aromatic rings. The van der Waals surface area contributed by atoms with E-state index >= 15 is 0 Å². The molecule has 2 aromatic carbocycles. The predicted octanol–water partition coefficient (Wildman–Crippen LogP) is 3.50. The Morgan fingerprint density at radius 2 is 1.87 bits per heavy atom. The zero-order valence-corrected chi connectivity index (χ0v) is 17.1. The number of ether oxygens (including phenoxy) is 2. The summed E-state index contributed by atoms with van der Waals surface area (Å²) in [5, 5.41) is 19.7. The number of hydrogen-bond acceptors (Lipinski definition) is 7. The molecule has 7 heteroatoms. The molecule has 0 unspecified atom stereocenters. The third-order valence-corrected chi connectivity index (χ3v) is 4.66. The van der Waals surface area contributed by atoms with E-state index in [4.69, 9.17) is 13.9 Å². The number of esters is 1. The smallest absolute Gasteiger partial charge is 0.306 e. The van der Waals surface area contributed by atoms with Gasteiger partial charge >= 0.3 is 5.97 Å². The van der Waals surface area contributed by atoms with Crippen LogP contribution in [0.1, 0.15) is 41.9 Å². The summed E-state index contributed by atoms with van der Waals surface area (Å²) in [6.45, 7) is 1.72. The Labute approximate surface area is 179 Å². The lowest BCUT2D eigenvalue weighted by Crippen LogP contribution is -2.15. The maximum atomic E-state index is 12.2. The molecule has 7 nitrogen and oxygen atoms in total. The predicted molar refractivity (Wildman–Crippen MR) is 113 cm³/mol. The summed E-state index contributed by atoms with van der Waals surface area (Å²) in [6.07, 6.45) is -0.165. The maximum Gasteiger partial charge on any atom is 0.306 e. The summed E-state index contributed by atoms with van der Waals surface area (Å²) in [7, 11) is 0. The van der Waals surface area contributed by atoms with Gasteiger partial charge in [0.05, 0.1) is 18.9 Å². The van der Waals surface area contributed by atoms with Gasteiger partial charge in [0, 0.05) is 6.07 Å². The minimum absolute atomic E-state index is 0.0110. The largest absolute Gasteiger partial charge is 0.502 e. The fourth-order valence-electron chi connectivity index (χ4n) is 3.18. The molecule has 0 spiro atoms. The van der Waals surface area contributed by atoms with E-state index in [0.717, 1.165) is 11.6 Å². The van der Waals surface area contributed by atoms with Crippen LogP contribution >= 0.6 is 0 Å². The summed E-state index contributed by atoms with van der Waals surface area (Å²) < 4.78 is 16.5. The molecule has 0 saturated heterocycles. The molecule has 162 valence electrons. The molecule has 0 fully saturated rings. The lowest BCUT2D eigenvalue weighted by atomic mass is 9.92. The van der Waals surface area contributed by atoms with Crippen LogP contribution in [0.4, 0.5) is 0 Å². The van der Waals surface area contributed by atoms with Crippen LogP contribution in [-0.2, 0) is 22.7 Å². The molecule has 0 amide bonds. The molecule has 1 heterocycles. The van der Waals surface area contributed by atoms with Gasteiger partial charge in [-0.1, -0.05) is 42.5 Å². The van der Waals surface area contributed by atoms with Gasteiger partial charge in [-0.3, -0.25) is 9.59 Å². The molecule has 3 rings (SSSR count). The van der Waals surface area contributed by atoms with Gasteiger partial charge in [0.2, 0.25) is 11.2 Å². The normalized spacial score (nSPS) is 11.7. The number of benzene rings is 2. The van der Waals surface area contributed by atoms with E-state index in [2.05, 4.69) is 0 Å². The topological polar surface area (TPSA) is 106 Å². The number of carbonyl (C=O) groups is 1. The second kappa shape index (κ2) is 10.4. The van der Waals surface area contributed by atoms with E-state index in [1.165, 1.54) is 0 Å². The molecule has 1 atom stereocenters. The van der Waals surface area contributed by atoms with Crippen LogP contribution in [-0.4, -0.2) is 22.8 Å². The van der Waals surface area contributed by atoms with Crippen molar-refractivity contribution in [3.8, 4) is 11.5 Å². The Balaban J connectivity index is 1.95. The maximum absolute atomic E-state index is 12.2. The van der Waals surface area contributed by atoms with Gasteiger partial charge in [-0.25, -0.2) is 0 Å². The molecular formula is C24H24O7. The van der Waals surface area contributed by atoms with E-state index < -0.39 is 29.7 Å². The van der Waals surface area contributed by atoms with Gasteiger partial charge < -0.3 is 24.1 Å². The van der Waals surface area contributed by atoms with Crippen molar-refractivity contribution in [1.82, 2.24) is 0 Å². The van der Waals surface area contributed by atoms with Crippen molar-refractivity contribution < 1.29 is 28.9 Å². The second-order valence-electron chi connectivity index (χ2n) is 6.86. The zero-order chi connectivity index (χ0) is 22.2. The molecule has 0 bridgehead atoms. The van der Waals surface area contributed by atoms with E-state index in [9.17, 15) is 19.8 Å². The number of aromatic hydroxyl groups is 1. The average molecular weight is 424 g/mol. The molecule has 0 aliphatic rings. The van der Waals surface area contributed by atoms with Gasteiger partial charge in [0.1, 0.15) is 24.7 Å². The minimum Gasteiger partial charge on any atom is -0.502 e. The number of aliphatic hydroxyl groups is 1. The zero-order valence-electron chi connectivity index (χ0n) is 17.1. The lowest BCUT2D eigenvalue weighted by Gasteiger charge is -2.18. The van der Waals surface area contributed by atoms with E-state index in [1.807, 2.05) is 30.3 Å². The molecule has 1 aromatic heterocycles. The quantitative estimate of drug-likeness (QED) is 0.506. The van der Waals surface area contributed by atoms with Gasteiger partial charge in [0.15, 0.2) is 5.76 Å². The van der Waals surface area contributed by atoms with Gasteiger partial charge in [0.25, 0.3) is 0 Å². The molecule has 0 aliphatic carbocycles. The lowest BCUT2D eigenvalue weighted by molar-refractivity contribution is -0.143.